The molecular weight excluding hydrogens is 400 g/mol. The number of fused-ring (bicyclic) bond motifs is 1. The number of hydrogen-bond donors (Lipinski definition) is 1. The fraction of sp³-hybridized carbons (Fsp3) is 0.261. The van der Waals surface area contributed by atoms with Crippen LogP contribution in [0.5, 0.6) is 0 Å². The highest BCUT2D eigenvalue weighted by Crippen LogP contribution is 2.32. The smallest absolute Gasteiger partial charge is 0.325 e. The van der Waals surface area contributed by atoms with Crippen LogP contribution >= 0.6 is 0 Å². The van der Waals surface area contributed by atoms with Crippen LogP contribution < -0.4 is 5.32 Å². The molecule has 1 N–H and O–H groups in total. The molecule has 0 radical (unpaired) electrons. The number of rotatable bonds is 7. The van der Waals surface area contributed by atoms with Crippen molar-refractivity contribution < 1.29 is 28.7 Å². The number of nitrogens with one attached hydrogen (secondary N) is 1. The average Bonchev–Trinajstić information content (AvgIpc) is 2.76. The number of ether oxygens (including phenoxy) is 2. The average molecular weight is 422 g/mol. The lowest BCUT2D eigenvalue weighted by Crippen LogP contribution is -2.38. The van der Waals surface area contributed by atoms with E-state index in [-0.39, 0.29) is 35.7 Å². The van der Waals surface area contributed by atoms with Crippen molar-refractivity contribution in [2.45, 2.75) is 20.8 Å². The van der Waals surface area contributed by atoms with Gasteiger partial charge in [0, 0.05) is 11.9 Å². The van der Waals surface area contributed by atoms with E-state index < -0.39 is 29.4 Å². The number of Topliss-reactive ketones (excluding diaryl/α,β-unsaturated/α-hetero) is 2. The molecule has 8 nitrogen and oxygen atoms in total. The summed E-state index contributed by atoms with van der Waals surface area (Å²) in [6.45, 7) is 4.95. The summed E-state index contributed by atoms with van der Waals surface area (Å²) in [7, 11) is 0. The molecule has 0 unspecified atom stereocenters. The van der Waals surface area contributed by atoms with E-state index in [1.807, 2.05) is 19.1 Å². The fourth-order valence-electron chi connectivity index (χ4n) is 3.30. The summed E-state index contributed by atoms with van der Waals surface area (Å²) in [5.41, 5.74) is 0.782. The molecule has 1 aliphatic rings. The Morgan fingerprint density at radius 2 is 1.61 bits per heavy atom. The molecule has 1 heterocycles. The number of nitrogens with zero attached hydrogens (tertiary/aromatic N) is 1. The lowest BCUT2D eigenvalue weighted by atomic mass is 9.83. The number of esters is 2. The van der Waals surface area contributed by atoms with Crippen molar-refractivity contribution >= 4 is 29.2 Å². The maximum atomic E-state index is 13.4. The molecule has 0 spiro atoms. The van der Waals surface area contributed by atoms with E-state index in [2.05, 4.69) is 10.3 Å². The largest absolute Gasteiger partial charge is 0.465 e. The lowest BCUT2D eigenvalue weighted by Gasteiger charge is -2.25. The van der Waals surface area contributed by atoms with Crippen molar-refractivity contribution in [3.05, 3.63) is 70.7 Å². The third-order valence-electron chi connectivity index (χ3n) is 4.75. The van der Waals surface area contributed by atoms with Crippen LogP contribution in [0.3, 0.4) is 0 Å². The molecule has 31 heavy (non-hydrogen) atoms. The number of hydrogen-bond acceptors (Lipinski definition) is 8. The van der Waals surface area contributed by atoms with Crippen molar-refractivity contribution in [2.24, 2.45) is 5.92 Å². The molecule has 1 aromatic heterocycles. The number of allylic oxidation sites excluding steroid dienone is 1. The van der Waals surface area contributed by atoms with E-state index in [4.69, 9.17) is 9.47 Å². The van der Waals surface area contributed by atoms with Gasteiger partial charge >= 0.3 is 11.9 Å². The zero-order chi connectivity index (χ0) is 22.5. The molecule has 2 aromatic rings. The first-order chi connectivity index (χ1) is 14.9. The van der Waals surface area contributed by atoms with Gasteiger partial charge in [-0.1, -0.05) is 18.2 Å². The summed E-state index contributed by atoms with van der Waals surface area (Å²) >= 11 is 0. The first-order valence-corrected chi connectivity index (χ1v) is 9.85. The summed E-state index contributed by atoms with van der Waals surface area (Å²) in [6.07, 6.45) is 1.40. The van der Waals surface area contributed by atoms with Gasteiger partial charge in [-0.2, -0.15) is 0 Å². The number of benzene rings is 1. The van der Waals surface area contributed by atoms with Crippen LogP contribution in [0.15, 0.2) is 53.9 Å². The molecule has 0 fully saturated rings. The lowest BCUT2D eigenvalue weighted by molar-refractivity contribution is -0.159. The molecule has 0 saturated carbocycles. The number of carbonyl (C=O) groups excluding carboxylic acids is 4. The molecule has 0 atom stereocenters. The zero-order valence-corrected chi connectivity index (χ0v) is 17.4. The van der Waals surface area contributed by atoms with E-state index in [1.165, 1.54) is 18.3 Å². The molecule has 1 aliphatic carbocycles. The van der Waals surface area contributed by atoms with Crippen LogP contribution in [0.25, 0.3) is 0 Å². The minimum atomic E-state index is -1.71. The molecule has 8 heteroatoms. The third kappa shape index (κ3) is 4.23. The van der Waals surface area contributed by atoms with Gasteiger partial charge < -0.3 is 14.8 Å². The number of pyridine rings is 1. The Kier molecular flexibility index (Phi) is 6.59. The number of ketones is 2. The molecule has 0 aliphatic heterocycles. The Morgan fingerprint density at radius 3 is 2.23 bits per heavy atom. The SMILES string of the molecule is CCOC(=O)C(C(=O)OCC)C1=C(Nc2ccccc2C)C(=O)c2ncccc2C1=O. The number of para-hydroxylation sites is 1. The van der Waals surface area contributed by atoms with Crippen LogP contribution in [-0.2, 0) is 19.1 Å². The van der Waals surface area contributed by atoms with E-state index in [0.717, 1.165) is 5.56 Å². The zero-order valence-electron chi connectivity index (χ0n) is 17.4. The van der Waals surface area contributed by atoms with E-state index in [0.29, 0.717) is 5.69 Å². The van der Waals surface area contributed by atoms with Crippen molar-refractivity contribution in [2.75, 3.05) is 18.5 Å². The van der Waals surface area contributed by atoms with E-state index in [9.17, 15) is 19.2 Å². The molecule has 0 bridgehead atoms. The maximum Gasteiger partial charge on any atom is 0.325 e. The highest BCUT2D eigenvalue weighted by Gasteiger charge is 2.44. The van der Waals surface area contributed by atoms with Gasteiger partial charge in [0.1, 0.15) is 5.69 Å². The number of aromatic nitrogens is 1. The predicted octanol–water partition coefficient (Wildman–Crippen LogP) is 2.88. The van der Waals surface area contributed by atoms with Crippen molar-refractivity contribution in [1.29, 1.82) is 0 Å². The highest BCUT2D eigenvalue weighted by atomic mass is 16.6. The topological polar surface area (TPSA) is 112 Å². The van der Waals surface area contributed by atoms with Crippen LogP contribution in [0.1, 0.15) is 40.3 Å². The highest BCUT2D eigenvalue weighted by molar-refractivity contribution is 6.29. The quantitative estimate of drug-likeness (QED) is 0.536. The molecular formula is C23H22N2O6. The monoisotopic (exact) mass is 422 g/mol. The van der Waals surface area contributed by atoms with Gasteiger partial charge in [0.25, 0.3) is 0 Å². The first-order valence-electron chi connectivity index (χ1n) is 9.85. The number of anilines is 1. The minimum absolute atomic E-state index is 0.0106. The maximum absolute atomic E-state index is 13.4. The third-order valence-corrected chi connectivity index (χ3v) is 4.75. The summed E-state index contributed by atoms with van der Waals surface area (Å²) in [4.78, 5) is 56.2. The Bertz CT molecular complexity index is 1070. The van der Waals surface area contributed by atoms with Gasteiger partial charge in [0.2, 0.25) is 5.78 Å². The Hall–Kier alpha value is -3.81. The normalized spacial score (nSPS) is 13.2. The number of carbonyl (C=O) groups is 4. The molecule has 160 valence electrons. The van der Waals surface area contributed by atoms with Gasteiger partial charge in [-0.3, -0.25) is 24.2 Å². The van der Waals surface area contributed by atoms with E-state index in [1.54, 1.807) is 26.0 Å². The second kappa shape index (κ2) is 9.34. The fourth-order valence-corrected chi connectivity index (χ4v) is 3.30. The van der Waals surface area contributed by atoms with E-state index >= 15 is 0 Å². The standard InChI is InChI=1S/C23H22N2O6/c1-4-30-22(28)17(23(29)31-5-2)16-19(25-15-11-7-6-9-13(15)3)21(27)18-14(20(16)26)10-8-12-24-18/h6-12,17,25H,4-5H2,1-3H3. The molecule has 1 aromatic carbocycles. The van der Waals surface area contributed by atoms with Gasteiger partial charge in [0.05, 0.1) is 30.0 Å². The van der Waals surface area contributed by atoms with Crippen LogP contribution in [0.2, 0.25) is 0 Å². The summed E-state index contributed by atoms with van der Waals surface area (Å²) in [5, 5.41) is 2.95. The number of aryl methyl sites for hydroxylation is 1. The minimum Gasteiger partial charge on any atom is -0.465 e. The van der Waals surface area contributed by atoms with Crippen molar-refractivity contribution in [1.82, 2.24) is 4.98 Å². The van der Waals surface area contributed by atoms with Crippen LogP contribution in [-0.4, -0.2) is 41.7 Å². The van der Waals surface area contributed by atoms with Crippen molar-refractivity contribution in [3.8, 4) is 0 Å². The summed E-state index contributed by atoms with van der Waals surface area (Å²) < 4.78 is 10.1. The second-order valence-electron chi connectivity index (χ2n) is 6.72. The molecule has 3 rings (SSSR count). The Morgan fingerprint density at radius 1 is 0.968 bits per heavy atom. The van der Waals surface area contributed by atoms with Gasteiger partial charge in [-0.15, -0.1) is 0 Å². The van der Waals surface area contributed by atoms with Gasteiger partial charge in [-0.05, 0) is 44.5 Å². The van der Waals surface area contributed by atoms with Crippen LogP contribution in [0, 0.1) is 12.8 Å². The summed E-state index contributed by atoms with van der Waals surface area (Å²) in [6, 6.07) is 10.0. The Balaban J connectivity index is 2.24. The molecule has 0 saturated heterocycles. The van der Waals surface area contributed by atoms with Crippen LogP contribution in [0.4, 0.5) is 5.69 Å². The predicted molar refractivity (Wildman–Crippen MR) is 111 cm³/mol. The Labute approximate surface area is 179 Å². The van der Waals surface area contributed by atoms with Gasteiger partial charge in [0.15, 0.2) is 11.7 Å². The summed E-state index contributed by atoms with van der Waals surface area (Å²) in [5.74, 6) is -4.91. The molecule has 0 amide bonds. The second-order valence-corrected chi connectivity index (χ2v) is 6.72. The van der Waals surface area contributed by atoms with Crippen molar-refractivity contribution in [3.63, 3.8) is 0 Å². The van der Waals surface area contributed by atoms with Gasteiger partial charge in [-0.25, -0.2) is 0 Å². The first kappa shape index (κ1) is 21.9.